The van der Waals surface area contributed by atoms with Crippen molar-refractivity contribution < 1.29 is 15.3 Å². The molecular weight excluding hydrogens is 384 g/mol. The highest BCUT2D eigenvalue weighted by atomic mass is 16.3. The Labute approximate surface area is 190 Å². The van der Waals surface area contributed by atoms with Crippen molar-refractivity contribution in [2.75, 3.05) is 0 Å². The summed E-state index contributed by atoms with van der Waals surface area (Å²) in [6, 6.07) is 0. The minimum atomic E-state index is -0.618. The molecule has 176 valence electrons. The van der Waals surface area contributed by atoms with Gasteiger partial charge in [-0.2, -0.15) is 0 Å². The van der Waals surface area contributed by atoms with Crippen LogP contribution in [0.5, 0.6) is 0 Å². The Morgan fingerprint density at radius 3 is 2.55 bits per heavy atom. The van der Waals surface area contributed by atoms with E-state index in [1.807, 2.05) is 13.8 Å². The molecule has 31 heavy (non-hydrogen) atoms. The Bertz CT molecular complexity index is 712. The van der Waals surface area contributed by atoms with E-state index in [0.29, 0.717) is 36.0 Å². The number of allylic oxidation sites excluding steroid dienone is 3. The van der Waals surface area contributed by atoms with Gasteiger partial charge in [0.15, 0.2) is 0 Å². The second kappa shape index (κ2) is 9.53. The summed E-state index contributed by atoms with van der Waals surface area (Å²) in [7, 11) is 0. The largest absolute Gasteiger partial charge is 0.393 e. The van der Waals surface area contributed by atoms with Crippen LogP contribution in [0, 0.1) is 29.1 Å². The van der Waals surface area contributed by atoms with Crippen molar-refractivity contribution in [3.8, 4) is 0 Å². The molecule has 7 atom stereocenters. The van der Waals surface area contributed by atoms with Crippen LogP contribution in [0.25, 0.3) is 0 Å². The highest BCUT2D eigenvalue weighted by molar-refractivity contribution is 5.38. The molecule has 3 N–H and O–H groups in total. The summed E-state index contributed by atoms with van der Waals surface area (Å²) in [5.74, 6) is 2.39. The number of hydrogen-bond acceptors (Lipinski definition) is 3. The molecule has 3 nitrogen and oxygen atoms in total. The van der Waals surface area contributed by atoms with Crippen LogP contribution in [-0.4, -0.2) is 33.1 Å². The first kappa shape index (κ1) is 24.7. The molecule has 0 aromatic heterocycles. The quantitative estimate of drug-likeness (QED) is 0.488. The third-order valence-electron chi connectivity index (χ3n) is 9.25. The normalized spacial score (nSPS) is 39.0. The second-order valence-electron chi connectivity index (χ2n) is 11.8. The summed E-state index contributed by atoms with van der Waals surface area (Å²) in [4.78, 5) is 0. The Balaban J connectivity index is 1.71. The van der Waals surface area contributed by atoms with Crippen molar-refractivity contribution in [2.24, 2.45) is 29.1 Å². The number of aliphatic hydroxyl groups is 3. The minimum Gasteiger partial charge on any atom is -0.393 e. The third kappa shape index (κ3) is 5.37. The van der Waals surface area contributed by atoms with Gasteiger partial charge in [-0.1, -0.05) is 51.5 Å². The topological polar surface area (TPSA) is 60.7 Å². The van der Waals surface area contributed by atoms with Gasteiger partial charge in [0.2, 0.25) is 0 Å². The molecule has 3 fully saturated rings. The van der Waals surface area contributed by atoms with E-state index in [-0.39, 0.29) is 0 Å². The summed E-state index contributed by atoms with van der Waals surface area (Å²) >= 11 is 0. The van der Waals surface area contributed by atoms with Crippen molar-refractivity contribution in [3.63, 3.8) is 0 Å². The monoisotopic (exact) mass is 430 g/mol. The van der Waals surface area contributed by atoms with E-state index >= 15 is 0 Å². The zero-order chi connectivity index (χ0) is 23.0. The molecule has 0 aromatic carbocycles. The highest BCUT2D eigenvalue weighted by Crippen LogP contribution is 2.60. The molecule has 0 aromatic rings. The maximum absolute atomic E-state index is 10.3. The lowest BCUT2D eigenvalue weighted by molar-refractivity contribution is 0.0150. The van der Waals surface area contributed by atoms with Crippen LogP contribution >= 0.6 is 0 Å². The lowest BCUT2D eigenvalue weighted by Crippen LogP contribution is -2.36. The van der Waals surface area contributed by atoms with E-state index in [9.17, 15) is 15.3 Å². The van der Waals surface area contributed by atoms with Crippen LogP contribution < -0.4 is 0 Å². The van der Waals surface area contributed by atoms with Crippen LogP contribution in [0.2, 0.25) is 0 Å². The maximum Gasteiger partial charge on any atom is 0.0811 e. The smallest absolute Gasteiger partial charge is 0.0811 e. The third-order valence-corrected chi connectivity index (χ3v) is 9.25. The van der Waals surface area contributed by atoms with Gasteiger partial charge in [-0.05, 0) is 99.0 Å². The molecule has 0 heterocycles. The fraction of sp³-hybridized carbons (Fsp3) is 0.786. The van der Waals surface area contributed by atoms with Gasteiger partial charge in [-0.3, -0.25) is 0 Å². The predicted molar refractivity (Wildman–Crippen MR) is 129 cm³/mol. The Morgan fingerprint density at radius 1 is 1.16 bits per heavy atom. The molecule has 0 spiro atoms. The molecule has 2 unspecified atom stereocenters. The molecule has 0 aliphatic heterocycles. The summed E-state index contributed by atoms with van der Waals surface area (Å²) < 4.78 is 0. The van der Waals surface area contributed by atoms with Crippen molar-refractivity contribution in [1.29, 1.82) is 0 Å². The van der Waals surface area contributed by atoms with E-state index in [2.05, 4.69) is 39.5 Å². The van der Waals surface area contributed by atoms with Gasteiger partial charge < -0.3 is 15.3 Å². The van der Waals surface area contributed by atoms with Gasteiger partial charge in [-0.15, -0.1) is 0 Å². The highest BCUT2D eigenvalue weighted by Gasteiger charge is 2.50. The lowest BCUT2D eigenvalue weighted by Gasteiger charge is -2.44. The first-order valence-corrected chi connectivity index (χ1v) is 12.6. The molecule has 3 saturated carbocycles. The van der Waals surface area contributed by atoms with E-state index in [4.69, 9.17) is 0 Å². The average Bonchev–Trinajstić information content (AvgIpc) is 3.04. The summed E-state index contributed by atoms with van der Waals surface area (Å²) in [5.41, 5.74) is 3.11. The fourth-order valence-electron chi connectivity index (χ4n) is 6.75. The summed E-state index contributed by atoms with van der Waals surface area (Å²) in [6.45, 7) is 15.1. The predicted octanol–water partition coefficient (Wildman–Crippen LogP) is 5.95. The zero-order valence-electron chi connectivity index (χ0n) is 20.5. The molecule has 3 heteroatoms. The van der Waals surface area contributed by atoms with Gasteiger partial charge in [-0.25, -0.2) is 0 Å². The van der Waals surface area contributed by atoms with Crippen LogP contribution in [0.15, 0.2) is 35.5 Å². The van der Waals surface area contributed by atoms with Crippen LogP contribution in [0.4, 0.5) is 0 Å². The number of aliphatic hydroxyl groups excluding tert-OH is 2. The summed E-state index contributed by atoms with van der Waals surface area (Å²) in [6.07, 6.45) is 12.9. The van der Waals surface area contributed by atoms with Crippen LogP contribution in [-0.2, 0) is 0 Å². The first-order valence-electron chi connectivity index (χ1n) is 12.6. The lowest BCUT2D eigenvalue weighted by atomic mass is 9.60. The summed E-state index contributed by atoms with van der Waals surface area (Å²) in [5, 5.41) is 30.5. The van der Waals surface area contributed by atoms with Crippen LogP contribution in [0.3, 0.4) is 0 Å². The van der Waals surface area contributed by atoms with E-state index in [0.717, 1.165) is 23.5 Å². The average molecular weight is 431 g/mol. The van der Waals surface area contributed by atoms with Gasteiger partial charge in [0.1, 0.15) is 0 Å². The molecular formula is C28H46O3. The Hall–Kier alpha value is -0.900. The van der Waals surface area contributed by atoms with Gasteiger partial charge in [0.25, 0.3) is 0 Å². The van der Waals surface area contributed by atoms with Gasteiger partial charge in [0, 0.05) is 6.42 Å². The van der Waals surface area contributed by atoms with E-state index in [1.165, 1.54) is 38.5 Å². The molecule has 0 bridgehead atoms. The number of hydrogen-bond donors (Lipinski definition) is 3. The van der Waals surface area contributed by atoms with Crippen molar-refractivity contribution in [2.45, 2.75) is 110 Å². The molecule has 3 aliphatic carbocycles. The number of rotatable bonds is 6. The first-order chi connectivity index (χ1) is 14.4. The minimum absolute atomic E-state index is 0.322. The van der Waals surface area contributed by atoms with E-state index < -0.39 is 17.8 Å². The van der Waals surface area contributed by atoms with Crippen molar-refractivity contribution in [3.05, 3.63) is 35.5 Å². The SMILES string of the molecule is C=C1/C(=C/C=C2/CCC[C@@]3(C)C2CCC3[C@H](C)CC[C@@H](C)C(C)(C)O)C[C@@H](O)C[C@@H]1O. The number of fused-ring (bicyclic) bond motifs is 1. The molecule has 0 radical (unpaired) electrons. The Kier molecular flexibility index (Phi) is 7.61. The molecule has 0 amide bonds. The second-order valence-corrected chi connectivity index (χ2v) is 11.8. The van der Waals surface area contributed by atoms with Gasteiger partial charge in [0.05, 0.1) is 17.8 Å². The molecule has 0 saturated heterocycles. The van der Waals surface area contributed by atoms with Crippen LogP contribution in [0.1, 0.15) is 92.4 Å². The molecule has 3 aliphatic rings. The standard InChI is InChI=1S/C28H46O3/c1-18(9-10-19(2)27(4,5)31)24-13-14-25-21(8-7-15-28(24,25)6)11-12-22-16-23(29)17-26(30)20(22)3/h11-12,18-19,23-26,29-31H,3,7-10,13-17H2,1-2,4-6H3/b21-11-,22-12+/t18-,19-,23-,24?,25?,26+,28-/m1/s1. The fourth-order valence-corrected chi connectivity index (χ4v) is 6.75. The van der Waals surface area contributed by atoms with E-state index in [1.54, 1.807) is 5.57 Å². The van der Waals surface area contributed by atoms with Gasteiger partial charge >= 0.3 is 0 Å². The van der Waals surface area contributed by atoms with Crippen molar-refractivity contribution in [1.82, 2.24) is 0 Å². The zero-order valence-corrected chi connectivity index (χ0v) is 20.5. The Morgan fingerprint density at radius 2 is 1.87 bits per heavy atom. The van der Waals surface area contributed by atoms with Crippen molar-refractivity contribution >= 4 is 0 Å². The molecule has 3 rings (SSSR count). The maximum atomic E-state index is 10.3.